The molecular weight excluding hydrogens is 290 g/mol. The summed E-state index contributed by atoms with van der Waals surface area (Å²) < 4.78 is 5.13. The predicted octanol–water partition coefficient (Wildman–Crippen LogP) is 2.81. The van der Waals surface area contributed by atoms with E-state index in [0.29, 0.717) is 21.9 Å². The first-order valence-electron chi connectivity index (χ1n) is 6.47. The number of aliphatic hydroxyl groups excluding tert-OH is 1. The van der Waals surface area contributed by atoms with Crippen LogP contribution in [-0.4, -0.2) is 24.7 Å². The first-order valence-corrected chi connectivity index (χ1v) is 6.85. The van der Waals surface area contributed by atoms with Gasteiger partial charge in [-0.15, -0.1) is 0 Å². The Balaban J connectivity index is 2.03. The highest BCUT2D eigenvalue weighted by molar-refractivity contribution is 6.31. The van der Waals surface area contributed by atoms with E-state index in [4.69, 9.17) is 16.3 Å². The van der Waals surface area contributed by atoms with E-state index in [0.717, 1.165) is 0 Å². The van der Waals surface area contributed by atoms with Crippen LogP contribution >= 0.6 is 11.6 Å². The van der Waals surface area contributed by atoms with Gasteiger partial charge < -0.3 is 15.2 Å². The van der Waals surface area contributed by atoms with E-state index in [-0.39, 0.29) is 12.5 Å². The van der Waals surface area contributed by atoms with E-state index in [1.165, 1.54) is 7.11 Å². The molecule has 0 aliphatic carbocycles. The lowest BCUT2D eigenvalue weighted by Gasteiger charge is -2.14. The van der Waals surface area contributed by atoms with Crippen molar-refractivity contribution in [2.24, 2.45) is 0 Å². The summed E-state index contributed by atoms with van der Waals surface area (Å²) in [7, 11) is 1.50. The van der Waals surface area contributed by atoms with Gasteiger partial charge in [0.15, 0.2) is 0 Å². The second-order valence-electron chi connectivity index (χ2n) is 4.45. The van der Waals surface area contributed by atoms with Gasteiger partial charge >= 0.3 is 0 Å². The van der Waals surface area contributed by atoms with Gasteiger partial charge in [-0.05, 0) is 18.2 Å². The van der Waals surface area contributed by atoms with Crippen LogP contribution in [0.4, 0.5) is 0 Å². The van der Waals surface area contributed by atoms with Crippen LogP contribution in [0.1, 0.15) is 22.0 Å². The third kappa shape index (κ3) is 3.74. The Bertz CT molecular complexity index is 630. The van der Waals surface area contributed by atoms with Crippen molar-refractivity contribution in [1.29, 1.82) is 0 Å². The number of hydrogen-bond acceptors (Lipinski definition) is 3. The molecule has 0 heterocycles. The lowest BCUT2D eigenvalue weighted by Crippen LogP contribution is -2.28. The summed E-state index contributed by atoms with van der Waals surface area (Å²) in [6.07, 6.45) is -0.864. The van der Waals surface area contributed by atoms with Gasteiger partial charge in [0.05, 0.1) is 18.8 Å². The van der Waals surface area contributed by atoms with Gasteiger partial charge in [-0.1, -0.05) is 41.9 Å². The molecular formula is C16H16ClNO3. The molecule has 2 rings (SSSR count). The lowest BCUT2D eigenvalue weighted by atomic mass is 10.1. The van der Waals surface area contributed by atoms with Crippen molar-refractivity contribution in [3.63, 3.8) is 0 Å². The standard InChI is InChI=1S/C16H16ClNO3/c1-21-15-9-5-3-7-12(15)16(20)18-10-14(19)11-6-2-4-8-13(11)17/h2-9,14,19H,10H2,1H3,(H,18,20). The van der Waals surface area contributed by atoms with Gasteiger partial charge in [0.2, 0.25) is 0 Å². The first kappa shape index (κ1) is 15.4. The van der Waals surface area contributed by atoms with Crippen LogP contribution in [-0.2, 0) is 0 Å². The molecule has 1 unspecified atom stereocenters. The number of ether oxygens (including phenoxy) is 1. The minimum Gasteiger partial charge on any atom is -0.496 e. The molecule has 2 N–H and O–H groups in total. The minimum absolute atomic E-state index is 0.0701. The van der Waals surface area contributed by atoms with Crippen molar-refractivity contribution in [1.82, 2.24) is 5.32 Å². The van der Waals surface area contributed by atoms with E-state index in [2.05, 4.69) is 5.32 Å². The second kappa shape index (κ2) is 7.11. The first-order chi connectivity index (χ1) is 10.1. The Kier molecular flexibility index (Phi) is 5.20. The fourth-order valence-electron chi connectivity index (χ4n) is 1.97. The normalized spacial score (nSPS) is 11.8. The summed E-state index contributed by atoms with van der Waals surface area (Å²) in [5.41, 5.74) is 1.01. The summed E-state index contributed by atoms with van der Waals surface area (Å²) in [4.78, 5) is 12.1. The summed E-state index contributed by atoms with van der Waals surface area (Å²) in [6.45, 7) is 0.0701. The molecule has 0 saturated heterocycles. The molecule has 21 heavy (non-hydrogen) atoms. The molecule has 0 bridgehead atoms. The minimum atomic E-state index is -0.864. The van der Waals surface area contributed by atoms with Crippen molar-refractivity contribution < 1.29 is 14.6 Å². The van der Waals surface area contributed by atoms with E-state index >= 15 is 0 Å². The number of nitrogens with one attached hydrogen (secondary N) is 1. The van der Waals surface area contributed by atoms with Crippen LogP contribution in [0.2, 0.25) is 5.02 Å². The van der Waals surface area contributed by atoms with E-state index in [9.17, 15) is 9.90 Å². The van der Waals surface area contributed by atoms with Gasteiger partial charge in [-0.2, -0.15) is 0 Å². The zero-order chi connectivity index (χ0) is 15.2. The average molecular weight is 306 g/mol. The maximum atomic E-state index is 12.1. The summed E-state index contributed by atoms with van der Waals surface area (Å²) in [5.74, 6) is 0.181. The summed E-state index contributed by atoms with van der Waals surface area (Å²) in [5, 5.41) is 13.2. The van der Waals surface area contributed by atoms with Crippen molar-refractivity contribution in [3.05, 3.63) is 64.7 Å². The number of para-hydroxylation sites is 1. The number of rotatable bonds is 5. The highest BCUT2D eigenvalue weighted by atomic mass is 35.5. The molecule has 110 valence electrons. The van der Waals surface area contributed by atoms with Crippen molar-refractivity contribution in [2.75, 3.05) is 13.7 Å². The van der Waals surface area contributed by atoms with Gasteiger partial charge in [-0.3, -0.25) is 4.79 Å². The number of methoxy groups -OCH3 is 1. The van der Waals surface area contributed by atoms with Crippen LogP contribution in [0.3, 0.4) is 0 Å². The number of amides is 1. The van der Waals surface area contributed by atoms with Gasteiger partial charge in [0.1, 0.15) is 5.75 Å². The fourth-order valence-corrected chi connectivity index (χ4v) is 2.23. The SMILES string of the molecule is COc1ccccc1C(=O)NCC(O)c1ccccc1Cl. The number of hydrogen-bond donors (Lipinski definition) is 2. The molecule has 0 saturated carbocycles. The molecule has 1 amide bonds. The van der Waals surface area contributed by atoms with E-state index in [1.54, 1.807) is 48.5 Å². The molecule has 2 aromatic carbocycles. The number of benzene rings is 2. The largest absolute Gasteiger partial charge is 0.496 e. The number of carbonyl (C=O) groups is 1. The van der Waals surface area contributed by atoms with Crippen LogP contribution < -0.4 is 10.1 Å². The van der Waals surface area contributed by atoms with Crippen LogP contribution in [0.15, 0.2) is 48.5 Å². The van der Waals surface area contributed by atoms with Crippen molar-refractivity contribution in [3.8, 4) is 5.75 Å². The smallest absolute Gasteiger partial charge is 0.255 e. The van der Waals surface area contributed by atoms with Crippen LogP contribution in [0.5, 0.6) is 5.75 Å². The average Bonchev–Trinajstić information content (AvgIpc) is 2.52. The zero-order valence-electron chi connectivity index (χ0n) is 11.5. The lowest BCUT2D eigenvalue weighted by molar-refractivity contribution is 0.0913. The Morgan fingerprint density at radius 3 is 2.62 bits per heavy atom. The highest BCUT2D eigenvalue weighted by Crippen LogP contribution is 2.22. The van der Waals surface area contributed by atoms with E-state index in [1.807, 2.05) is 0 Å². The van der Waals surface area contributed by atoms with E-state index < -0.39 is 6.10 Å². The Labute approximate surface area is 128 Å². The molecule has 0 aromatic heterocycles. The van der Waals surface area contributed by atoms with Crippen LogP contribution in [0.25, 0.3) is 0 Å². The molecule has 0 spiro atoms. The highest BCUT2D eigenvalue weighted by Gasteiger charge is 2.15. The molecule has 0 aliphatic heterocycles. The third-order valence-electron chi connectivity index (χ3n) is 3.07. The molecule has 5 heteroatoms. The molecule has 0 radical (unpaired) electrons. The van der Waals surface area contributed by atoms with Gasteiger partial charge in [0.25, 0.3) is 5.91 Å². The Morgan fingerprint density at radius 2 is 1.90 bits per heavy atom. The monoisotopic (exact) mass is 305 g/mol. The summed E-state index contributed by atoms with van der Waals surface area (Å²) in [6, 6.07) is 13.9. The number of carbonyl (C=O) groups excluding carboxylic acids is 1. The predicted molar refractivity (Wildman–Crippen MR) is 81.7 cm³/mol. The zero-order valence-corrected chi connectivity index (χ0v) is 12.3. The fraction of sp³-hybridized carbons (Fsp3) is 0.188. The van der Waals surface area contributed by atoms with Crippen molar-refractivity contribution in [2.45, 2.75) is 6.10 Å². The second-order valence-corrected chi connectivity index (χ2v) is 4.85. The molecule has 2 aromatic rings. The maximum Gasteiger partial charge on any atom is 0.255 e. The Hall–Kier alpha value is -2.04. The maximum absolute atomic E-state index is 12.1. The van der Waals surface area contributed by atoms with Crippen molar-refractivity contribution >= 4 is 17.5 Å². The van der Waals surface area contributed by atoms with Crippen LogP contribution in [0, 0.1) is 0 Å². The topological polar surface area (TPSA) is 58.6 Å². The third-order valence-corrected chi connectivity index (χ3v) is 3.42. The van der Waals surface area contributed by atoms with Gasteiger partial charge in [0, 0.05) is 17.1 Å². The summed E-state index contributed by atoms with van der Waals surface area (Å²) >= 11 is 6.01. The molecule has 0 aliphatic rings. The number of aliphatic hydroxyl groups is 1. The Morgan fingerprint density at radius 1 is 1.24 bits per heavy atom. The van der Waals surface area contributed by atoms with Gasteiger partial charge in [-0.25, -0.2) is 0 Å². The molecule has 1 atom stereocenters. The number of halogens is 1. The molecule has 4 nitrogen and oxygen atoms in total. The quantitative estimate of drug-likeness (QED) is 0.893. The molecule has 0 fully saturated rings.